The van der Waals surface area contributed by atoms with Gasteiger partial charge < -0.3 is 16.2 Å². The fraction of sp³-hybridized carbons (Fsp3) is 0.300. The molecule has 2 aromatic carbocycles. The molecular formula is C20H21F3N2O3. The first-order valence-corrected chi connectivity index (χ1v) is 8.50. The van der Waals surface area contributed by atoms with Gasteiger partial charge in [0.25, 0.3) is 5.91 Å². The van der Waals surface area contributed by atoms with Crippen LogP contribution in [0.25, 0.3) is 0 Å². The van der Waals surface area contributed by atoms with Crippen molar-refractivity contribution in [3.8, 4) is 0 Å². The van der Waals surface area contributed by atoms with Crippen LogP contribution in [0.2, 0.25) is 0 Å². The van der Waals surface area contributed by atoms with Gasteiger partial charge in [0.05, 0.1) is 5.56 Å². The molecule has 0 aliphatic rings. The van der Waals surface area contributed by atoms with Gasteiger partial charge in [-0.2, -0.15) is 13.2 Å². The minimum absolute atomic E-state index is 0.0270. The molecule has 0 fully saturated rings. The molecule has 0 unspecified atom stereocenters. The van der Waals surface area contributed by atoms with Crippen molar-refractivity contribution in [3.05, 3.63) is 70.3 Å². The minimum Gasteiger partial charge on any atom is -0.378 e. The molecule has 0 saturated heterocycles. The summed E-state index contributed by atoms with van der Waals surface area (Å²) >= 11 is 0. The minimum atomic E-state index is -4.52. The quantitative estimate of drug-likeness (QED) is 0.703. The lowest BCUT2D eigenvalue weighted by atomic mass is 9.96. The highest BCUT2D eigenvalue weighted by molar-refractivity contribution is 5.89. The number of aryl methyl sites for hydroxylation is 2. The highest BCUT2D eigenvalue weighted by Gasteiger charge is 2.31. The highest BCUT2D eigenvalue weighted by Crippen LogP contribution is 2.30. The number of halogens is 3. The molecule has 0 aliphatic carbocycles. The second-order valence-electron chi connectivity index (χ2n) is 6.56. The Morgan fingerprint density at radius 2 is 1.61 bits per heavy atom. The molecule has 0 saturated carbocycles. The summed E-state index contributed by atoms with van der Waals surface area (Å²) in [5.41, 5.74) is 7.14. The van der Waals surface area contributed by atoms with Crippen molar-refractivity contribution in [3.63, 3.8) is 0 Å². The number of amides is 2. The van der Waals surface area contributed by atoms with E-state index in [1.807, 2.05) is 32.0 Å². The lowest BCUT2D eigenvalue weighted by Crippen LogP contribution is -2.47. The van der Waals surface area contributed by atoms with Crippen molar-refractivity contribution in [1.82, 2.24) is 5.32 Å². The van der Waals surface area contributed by atoms with Gasteiger partial charge in [0.1, 0.15) is 6.04 Å². The van der Waals surface area contributed by atoms with E-state index in [4.69, 9.17) is 5.73 Å². The lowest BCUT2D eigenvalue weighted by molar-refractivity contribution is -0.137. The Bertz CT molecular complexity index is 844. The highest BCUT2D eigenvalue weighted by atomic mass is 19.4. The Labute approximate surface area is 160 Å². The molecule has 2 amide bonds. The first-order chi connectivity index (χ1) is 13.0. The molecule has 0 aliphatic heterocycles. The van der Waals surface area contributed by atoms with Crippen molar-refractivity contribution in [1.29, 1.82) is 0 Å². The number of carbonyl (C=O) groups excluding carboxylic acids is 2. The molecule has 4 N–H and O–H groups in total. The number of alkyl halides is 3. The largest absolute Gasteiger partial charge is 0.416 e. The van der Waals surface area contributed by atoms with Crippen molar-refractivity contribution < 1.29 is 27.9 Å². The third kappa shape index (κ3) is 5.10. The Hall–Kier alpha value is -2.87. The van der Waals surface area contributed by atoms with E-state index in [-0.39, 0.29) is 12.0 Å². The first-order valence-electron chi connectivity index (χ1n) is 8.50. The van der Waals surface area contributed by atoms with Crippen LogP contribution in [0.3, 0.4) is 0 Å². The molecule has 0 spiro atoms. The molecular weight excluding hydrogens is 373 g/mol. The van der Waals surface area contributed by atoms with E-state index in [0.717, 1.165) is 41.0 Å². The number of hydrogen-bond donors (Lipinski definition) is 3. The smallest absolute Gasteiger partial charge is 0.378 e. The third-order valence-corrected chi connectivity index (χ3v) is 4.51. The van der Waals surface area contributed by atoms with Gasteiger partial charge in [0, 0.05) is 6.42 Å². The predicted molar refractivity (Wildman–Crippen MR) is 97.1 cm³/mol. The molecule has 8 heteroatoms. The van der Waals surface area contributed by atoms with Gasteiger partial charge in [-0.3, -0.25) is 9.59 Å². The molecule has 0 bridgehead atoms. The number of aliphatic hydroxyl groups excluding tert-OH is 1. The van der Waals surface area contributed by atoms with Gasteiger partial charge in [-0.1, -0.05) is 30.3 Å². The second-order valence-corrected chi connectivity index (χ2v) is 6.56. The SMILES string of the molecule is Cc1cccc(C)c1C[C@H](NC(=O)[C@H](O)c1ccc(C(F)(F)F)cc1)C(N)=O. The van der Waals surface area contributed by atoms with E-state index < -0.39 is 35.7 Å². The molecule has 2 rings (SSSR count). The van der Waals surface area contributed by atoms with Crippen molar-refractivity contribution in [2.75, 3.05) is 0 Å². The molecule has 0 aromatic heterocycles. The summed E-state index contributed by atoms with van der Waals surface area (Å²) < 4.78 is 37.9. The molecule has 150 valence electrons. The predicted octanol–water partition coefficient (Wildman–Crippen LogP) is 2.57. The van der Waals surface area contributed by atoms with E-state index in [1.165, 1.54) is 0 Å². The summed E-state index contributed by atoms with van der Waals surface area (Å²) in [6.07, 6.45) is -6.12. The summed E-state index contributed by atoms with van der Waals surface area (Å²) in [7, 11) is 0. The number of hydrogen-bond acceptors (Lipinski definition) is 3. The van der Waals surface area contributed by atoms with Gasteiger partial charge in [-0.25, -0.2) is 0 Å². The molecule has 0 radical (unpaired) electrons. The lowest BCUT2D eigenvalue weighted by Gasteiger charge is -2.20. The van der Waals surface area contributed by atoms with Crippen LogP contribution in [0.4, 0.5) is 13.2 Å². The summed E-state index contributed by atoms with van der Waals surface area (Å²) in [4.78, 5) is 24.1. The number of benzene rings is 2. The Kier molecular flexibility index (Phi) is 6.45. The van der Waals surface area contributed by atoms with Crippen molar-refractivity contribution >= 4 is 11.8 Å². The van der Waals surface area contributed by atoms with Gasteiger partial charge >= 0.3 is 6.18 Å². The van der Waals surface area contributed by atoms with Gasteiger partial charge in [0.15, 0.2) is 6.10 Å². The maximum Gasteiger partial charge on any atom is 0.416 e. The van der Waals surface area contributed by atoms with E-state index in [2.05, 4.69) is 5.32 Å². The van der Waals surface area contributed by atoms with E-state index in [9.17, 15) is 27.9 Å². The Balaban J connectivity index is 2.14. The second kappa shape index (κ2) is 8.43. The van der Waals surface area contributed by atoms with Crippen LogP contribution in [0.5, 0.6) is 0 Å². The van der Waals surface area contributed by atoms with Crippen LogP contribution < -0.4 is 11.1 Å². The van der Waals surface area contributed by atoms with Crippen LogP contribution >= 0.6 is 0 Å². The fourth-order valence-corrected chi connectivity index (χ4v) is 2.85. The fourth-order valence-electron chi connectivity index (χ4n) is 2.85. The van der Waals surface area contributed by atoms with E-state index >= 15 is 0 Å². The van der Waals surface area contributed by atoms with Crippen molar-refractivity contribution in [2.24, 2.45) is 5.73 Å². The van der Waals surface area contributed by atoms with E-state index in [1.54, 1.807) is 0 Å². The molecule has 2 atom stereocenters. The van der Waals surface area contributed by atoms with Crippen LogP contribution in [0.15, 0.2) is 42.5 Å². The van der Waals surface area contributed by atoms with Gasteiger partial charge in [-0.05, 0) is 48.2 Å². The molecule has 5 nitrogen and oxygen atoms in total. The molecule has 0 heterocycles. The summed E-state index contributed by atoms with van der Waals surface area (Å²) in [5, 5.41) is 12.5. The number of primary amides is 1. The number of rotatable bonds is 6. The molecule has 2 aromatic rings. The van der Waals surface area contributed by atoms with Crippen LogP contribution in [-0.2, 0) is 22.2 Å². The molecule has 28 heavy (non-hydrogen) atoms. The van der Waals surface area contributed by atoms with Gasteiger partial charge in [0.2, 0.25) is 5.91 Å². The summed E-state index contributed by atoms with van der Waals surface area (Å²) in [5.74, 6) is -1.70. The zero-order chi connectivity index (χ0) is 21.1. The average molecular weight is 394 g/mol. The van der Waals surface area contributed by atoms with Crippen molar-refractivity contribution in [2.45, 2.75) is 38.6 Å². The zero-order valence-corrected chi connectivity index (χ0v) is 15.4. The summed E-state index contributed by atoms with van der Waals surface area (Å²) in [6, 6.07) is 8.08. The maximum absolute atomic E-state index is 12.6. The number of nitrogens with one attached hydrogen (secondary N) is 1. The maximum atomic E-state index is 12.6. The third-order valence-electron chi connectivity index (χ3n) is 4.51. The normalized spacial score (nSPS) is 13.6. The monoisotopic (exact) mass is 394 g/mol. The van der Waals surface area contributed by atoms with Crippen LogP contribution in [-0.4, -0.2) is 23.0 Å². The number of aliphatic hydroxyl groups is 1. The number of carbonyl (C=O) groups is 2. The standard InChI is InChI=1S/C20H21F3N2O3/c1-11-4-3-5-12(2)15(11)10-16(18(24)27)25-19(28)17(26)13-6-8-14(9-7-13)20(21,22)23/h3-9,16-17,26H,10H2,1-2H3,(H2,24,27)(H,25,28)/t16-,17+/m0/s1. The Morgan fingerprint density at radius 3 is 2.07 bits per heavy atom. The zero-order valence-electron chi connectivity index (χ0n) is 15.4. The topological polar surface area (TPSA) is 92.4 Å². The number of nitrogens with two attached hydrogens (primary N) is 1. The Morgan fingerprint density at radius 1 is 1.07 bits per heavy atom. The summed E-state index contributed by atoms with van der Waals surface area (Å²) in [6.45, 7) is 3.72. The first kappa shape index (κ1) is 21.4. The van der Waals surface area contributed by atoms with E-state index in [0.29, 0.717) is 0 Å². The van der Waals surface area contributed by atoms with Crippen LogP contribution in [0, 0.1) is 13.8 Å². The van der Waals surface area contributed by atoms with Gasteiger partial charge in [-0.15, -0.1) is 0 Å². The van der Waals surface area contributed by atoms with Crippen LogP contribution in [0.1, 0.15) is 33.9 Å². The average Bonchev–Trinajstić information content (AvgIpc) is 2.62.